The third-order valence-electron chi connectivity index (χ3n) is 5.06. The van der Waals surface area contributed by atoms with Crippen LogP contribution in [0.25, 0.3) is 0 Å². The van der Waals surface area contributed by atoms with Gasteiger partial charge in [0, 0.05) is 5.92 Å². The number of fused-ring (bicyclic) bond motifs is 5. The molecule has 4 unspecified atom stereocenters. The molecule has 3 saturated carbocycles. The monoisotopic (exact) mass is 263 g/mol. The Hall–Kier alpha value is -1.85. The summed E-state index contributed by atoms with van der Waals surface area (Å²) in [5.74, 6) is -0.298. The van der Waals surface area contributed by atoms with Crippen LogP contribution < -0.4 is 0 Å². The molecule has 3 aliphatic rings. The van der Waals surface area contributed by atoms with Crippen molar-refractivity contribution >= 4 is 11.9 Å². The summed E-state index contributed by atoms with van der Waals surface area (Å²) in [5.41, 5.74) is -0.472. The van der Waals surface area contributed by atoms with Crippen LogP contribution in [0.2, 0.25) is 0 Å². The molecule has 0 aromatic carbocycles. The molecule has 6 heteroatoms. The largest absolute Gasteiger partial charge is 0.476 e. The van der Waals surface area contributed by atoms with Crippen LogP contribution in [0.3, 0.4) is 0 Å². The van der Waals surface area contributed by atoms with Crippen molar-refractivity contribution in [1.29, 1.82) is 0 Å². The van der Waals surface area contributed by atoms with E-state index in [1.54, 1.807) is 0 Å². The fourth-order valence-electron chi connectivity index (χ4n) is 4.42. The van der Waals surface area contributed by atoms with Gasteiger partial charge >= 0.3 is 11.9 Å². The summed E-state index contributed by atoms with van der Waals surface area (Å²) in [4.78, 5) is 25.9. The fraction of sp³-hybridized carbons (Fsp3) is 0.615. The quantitative estimate of drug-likeness (QED) is 0.862. The van der Waals surface area contributed by atoms with Crippen LogP contribution in [0, 0.1) is 23.7 Å². The minimum absolute atomic E-state index is 0.150. The summed E-state index contributed by atoms with van der Waals surface area (Å²) in [6, 6.07) is 0. The lowest BCUT2D eigenvalue weighted by atomic mass is 10.0. The van der Waals surface area contributed by atoms with E-state index >= 15 is 0 Å². The van der Waals surface area contributed by atoms with Gasteiger partial charge in [0.15, 0.2) is 5.89 Å². The Morgan fingerprint density at radius 3 is 2.21 bits per heavy atom. The van der Waals surface area contributed by atoms with Gasteiger partial charge in [-0.2, -0.15) is 0 Å². The maximum atomic E-state index is 11.0. The molecular weight excluding hydrogens is 250 g/mol. The van der Waals surface area contributed by atoms with Crippen LogP contribution >= 0.6 is 0 Å². The molecular formula is C13H13NO5. The smallest absolute Gasteiger partial charge is 0.374 e. The molecule has 4 rings (SSSR count). The second kappa shape index (κ2) is 3.37. The van der Waals surface area contributed by atoms with E-state index in [4.69, 9.17) is 14.6 Å². The van der Waals surface area contributed by atoms with Crippen LogP contribution in [0.15, 0.2) is 4.42 Å². The van der Waals surface area contributed by atoms with Crippen molar-refractivity contribution in [2.45, 2.75) is 25.2 Å². The SMILES string of the molecule is O=C(O)c1nc(C2C3C4CCC(C4)C23)oc1C(=O)O. The van der Waals surface area contributed by atoms with E-state index in [0.29, 0.717) is 29.6 Å². The van der Waals surface area contributed by atoms with E-state index in [9.17, 15) is 9.59 Å². The Kier molecular flexibility index (Phi) is 1.96. The Balaban J connectivity index is 1.69. The first-order valence-electron chi connectivity index (χ1n) is 6.55. The zero-order valence-electron chi connectivity index (χ0n) is 10.1. The molecule has 1 aromatic rings. The Morgan fingerprint density at radius 2 is 1.74 bits per heavy atom. The summed E-state index contributed by atoms with van der Waals surface area (Å²) >= 11 is 0. The van der Waals surface area contributed by atoms with E-state index in [1.807, 2.05) is 0 Å². The predicted molar refractivity (Wildman–Crippen MR) is 61.0 cm³/mol. The molecule has 4 atom stereocenters. The van der Waals surface area contributed by atoms with Gasteiger partial charge in [0.1, 0.15) is 0 Å². The third-order valence-corrected chi connectivity index (χ3v) is 5.06. The maximum Gasteiger partial charge on any atom is 0.374 e. The number of aromatic nitrogens is 1. The first-order valence-corrected chi connectivity index (χ1v) is 6.55. The summed E-state index contributed by atoms with van der Waals surface area (Å²) < 4.78 is 5.23. The average molecular weight is 263 g/mol. The van der Waals surface area contributed by atoms with E-state index < -0.39 is 23.4 Å². The lowest BCUT2D eigenvalue weighted by Crippen LogP contribution is -2.05. The predicted octanol–water partition coefficient (Wildman–Crippen LogP) is 1.83. The molecule has 0 saturated heterocycles. The first-order chi connectivity index (χ1) is 9.08. The molecule has 0 radical (unpaired) electrons. The number of rotatable bonds is 3. The summed E-state index contributed by atoms with van der Waals surface area (Å²) in [6.45, 7) is 0. The number of carboxylic acids is 2. The number of oxazole rings is 1. The molecule has 2 N–H and O–H groups in total. The molecule has 6 nitrogen and oxygen atoms in total. The van der Waals surface area contributed by atoms with Gasteiger partial charge in [-0.05, 0) is 42.9 Å². The zero-order chi connectivity index (χ0) is 13.3. The molecule has 3 aliphatic carbocycles. The first kappa shape index (κ1) is 11.0. The van der Waals surface area contributed by atoms with Crippen LogP contribution in [-0.2, 0) is 0 Å². The lowest BCUT2D eigenvalue weighted by molar-refractivity contribution is 0.0622. The molecule has 1 aromatic heterocycles. The molecule has 0 aliphatic heterocycles. The van der Waals surface area contributed by atoms with Crippen molar-refractivity contribution in [3.63, 3.8) is 0 Å². The molecule has 19 heavy (non-hydrogen) atoms. The highest BCUT2D eigenvalue weighted by Crippen LogP contribution is 2.72. The van der Waals surface area contributed by atoms with Crippen molar-refractivity contribution in [2.24, 2.45) is 23.7 Å². The van der Waals surface area contributed by atoms with Gasteiger partial charge < -0.3 is 14.6 Å². The summed E-state index contributed by atoms with van der Waals surface area (Å²) in [6.07, 6.45) is 3.74. The van der Waals surface area contributed by atoms with Gasteiger partial charge in [0.2, 0.25) is 11.5 Å². The number of aromatic carboxylic acids is 2. The number of hydrogen-bond acceptors (Lipinski definition) is 4. The van der Waals surface area contributed by atoms with Crippen molar-refractivity contribution < 1.29 is 24.2 Å². The maximum absolute atomic E-state index is 11.0. The number of hydrogen-bond donors (Lipinski definition) is 2. The van der Waals surface area contributed by atoms with Crippen LogP contribution in [0.4, 0.5) is 0 Å². The molecule has 0 amide bonds. The second-order valence-electron chi connectivity index (χ2n) is 5.85. The highest BCUT2D eigenvalue weighted by Gasteiger charge is 2.67. The second-order valence-corrected chi connectivity index (χ2v) is 5.85. The van der Waals surface area contributed by atoms with Crippen molar-refractivity contribution in [2.75, 3.05) is 0 Å². The van der Waals surface area contributed by atoms with Gasteiger partial charge in [-0.1, -0.05) is 0 Å². The minimum atomic E-state index is -1.37. The van der Waals surface area contributed by atoms with Crippen molar-refractivity contribution in [1.82, 2.24) is 4.98 Å². The van der Waals surface area contributed by atoms with E-state index in [2.05, 4.69) is 4.98 Å². The van der Waals surface area contributed by atoms with Gasteiger partial charge in [-0.3, -0.25) is 0 Å². The Bertz CT molecular complexity index is 544. The highest BCUT2D eigenvalue weighted by atomic mass is 16.4. The van der Waals surface area contributed by atoms with Gasteiger partial charge in [-0.25, -0.2) is 14.6 Å². The third kappa shape index (κ3) is 1.34. The zero-order valence-corrected chi connectivity index (χ0v) is 10.1. The van der Waals surface area contributed by atoms with Crippen LogP contribution in [0.5, 0.6) is 0 Å². The molecule has 100 valence electrons. The van der Waals surface area contributed by atoms with Crippen LogP contribution in [-0.4, -0.2) is 27.1 Å². The van der Waals surface area contributed by atoms with E-state index in [-0.39, 0.29) is 5.92 Å². The Labute approximate surface area is 108 Å². The molecule has 3 fully saturated rings. The van der Waals surface area contributed by atoms with Crippen molar-refractivity contribution in [3.05, 3.63) is 17.3 Å². The fourth-order valence-corrected chi connectivity index (χ4v) is 4.42. The van der Waals surface area contributed by atoms with Crippen LogP contribution in [0.1, 0.15) is 52.1 Å². The Morgan fingerprint density at radius 1 is 1.11 bits per heavy atom. The summed E-state index contributed by atoms with van der Waals surface area (Å²) in [7, 11) is 0. The number of nitrogens with zero attached hydrogens (tertiary/aromatic N) is 1. The van der Waals surface area contributed by atoms with Gasteiger partial charge in [-0.15, -0.1) is 0 Å². The van der Waals surface area contributed by atoms with E-state index in [0.717, 1.165) is 0 Å². The number of carbonyl (C=O) groups is 2. The van der Waals surface area contributed by atoms with Crippen molar-refractivity contribution in [3.8, 4) is 0 Å². The van der Waals surface area contributed by atoms with Gasteiger partial charge in [0.05, 0.1) is 0 Å². The highest BCUT2D eigenvalue weighted by molar-refractivity contribution is 5.98. The summed E-state index contributed by atoms with van der Waals surface area (Å²) in [5, 5.41) is 17.9. The van der Waals surface area contributed by atoms with E-state index in [1.165, 1.54) is 19.3 Å². The lowest BCUT2D eigenvalue weighted by Gasteiger charge is -2.04. The minimum Gasteiger partial charge on any atom is -0.476 e. The molecule has 0 spiro atoms. The topological polar surface area (TPSA) is 101 Å². The van der Waals surface area contributed by atoms with Gasteiger partial charge in [0.25, 0.3) is 0 Å². The average Bonchev–Trinajstić information content (AvgIpc) is 2.77. The molecule has 2 bridgehead atoms. The molecule has 1 heterocycles. The number of carboxylic acid groups (broad SMARTS) is 2. The normalized spacial score (nSPS) is 38.2. The standard InChI is InChI=1S/C13H13NO5/c15-12(16)9-10(13(17)18)19-11(14-9)8-6-4-1-2-5(3-4)7(6)8/h4-8H,1-3H2,(H,15,16)(H,17,18).